The highest BCUT2D eigenvalue weighted by Gasteiger charge is 2.29. The van der Waals surface area contributed by atoms with Crippen LogP contribution in [0.15, 0.2) is 32.6 Å². The first-order valence-electron chi connectivity index (χ1n) is 8.54. The van der Waals surface area contributed by atoms with Gasteiger partial charge >= 0.3 is 0 Å². The third-order valence-electron chi connectivity index (χ3n) is 4.56. The molecule has 1 aromatic carbocycles. The van der Waals surface area contributed by atoms with Crippen LogP contribution in [-0.4, -0.2) is 40.1 Å². The fourth-order valence-corrected chi connectivity index (χ4v) is 5.72. The summed E-state index contributed by atoms with van der Waals surface area (Å²) in [7, 11) is -2.92. The first kappa shape index (κ1) is 18.2. The van der Waals surface area contributed by atoms with Crippen LogP contribution in [0.5, 0.6) is 0 Å². The molecule has 0 unspecified atom stereocenters. The van der Waals surface area contributed by atoms with Gasteiger partial charge in [0.05, 0.1) is 28.2 Å². The molecule has 1 N–H and O–H groups in total. The normalized spacial score (nSPS) is 18.9. The largest absolute Gasteiger partial charge is 0.416 e. The predicted octanol–water partition coefficient (Wildman–Crippen LogP) is 1.88. The molecule has 0 bridgehead atoms. The summed E-state index contributed by atoms with van der Waals surface area (Å²) in [6, 6.07) is 5.50. The first-order chi connectivity index (χ1) is 12.9. The molecule has 1 fully saturated rings. The smallest absolute Gasteiger partial charge is 0.277 e. The Hall–Kier alpha value is -2.20. The third kappa shape index (κ3) is 4.06. The lowest BCUT2D eigenvalue weighted by atomic mass is 10.1. The van der Waals surface area contributed by atoms with Gasteiger partial charge in [0.15, 0.2) is 9.84 Å². The van der Waals surface area contributed by atoms with Gasteiger partial charge in [0.25, 0.3) is 10.8 Å². The van der Waals surface area contributed by atoms with Crippen LogP contribution < -0.4 is 5.56 Å². The number of hydrogen-bond acceptors (Lipinski definition) is 8. The summed E-state index contributed by atoms with van der Waals surface area (Å²) in [5.74, 6) is 1.81. The maximum Gasteiger partial charge on any atom is 0.277 e. The molecule has 0 spiro atoms. The summed E-state index contributed by atoms with van der Waals surface area (Å²) in [5.41, 5.74) is 1.45. The van der Waals surface area contributed by atoms with Gasteiger partial charge in [-0.25, -0.2) is 13.4 Å². The Balaban J connectivity index is 1.44. The van der Waals surface area contributed by atoms with Crippen LogP contribution in [0.1, 0.15) is 23.7 Å². The van der Waals surface area contributed by atoms with Gasteiger partial charge in [0, 0.05) is 6.42 Å². The maximum absolute atomic E-state index is 12.2. The number of aryl methyl sites for hydroxylation is 1. The van der Waals surface area contributed by atoms with Crippen molar-refractivity contribution in [2.45, 2.75) is 30.7 Å². The second-order valence-corrected chi connectivity index (χ2v) is 9.86. The van der Waals surface area contributed by atoms with Gasteiger partial charge in [-0.1, -0.05) is 23.9 Å². The average Bonchev–Trinajstić information content (AvgIpc) is 3.20. The number of thioether (sulfide) groups is 1. The van der Waals surface area contributed by atoms with Gasteiger partial charge < -0.3 is 9.40 Å². The van der Waals surface area contributed by atoms with Crippen molar-refractivity contribution in [1.29, 1.82) is 0 Å². The zero-order valence-electron chi connectivity index (χ0n) is 14.6. The van der Waals surface area contributed by atoms with E-state index in [1.165, 1.54) is 11.8 Å². The van der Waals surface area contributed by atoms with E-state index in [-0.39, 0.29) is 23.0 Å². The summed E-state index contributed by atoms with van der Waals surface area (Å²) >= 11 is 1.28. The Morgan fingerprint density at radius 1 is 1.33 bits per heavy atom. The quantitative estimate of drug-likeness (QED) is 0.638. The minimum absolute atomic E-state index is 0.0368. The van der Waals surface area contributed by atoms with Gasteiger partial charge in [-0.05, 0) is 30.9 Å². The van der Waals surface area contributed by atoms with Gasteiger partial charge in [0.1, 0.15) is 5.82 Å². The number of nitrogens with zero attached hydrogens (tertiary/aromatic N) is 3. The Morgan fingerprint density at radius 2 is 2.19 bits per heavy atom. The van der Waals surface area contributed by atoms with E-state index in [4.69, 9.17) is 4.42 Å². The van der Waals surface area contributed by atoms with E-state index in [2.05, 4.69) is 20.2 Å². The molecular formula is C17H18N4O4S2. The lowest BCUT2D eigenvalue weighted by Gasteiger charge is -2.04. The molecule has 4 rings (SSSR count). The van der Waals surface area contributed by atoms with Crippen molar-refractivity contribution in [3.05, 3.63) is 45.8 Å². The van der Waals surface area contributed by atoms with Crippen LogP contribution in [0.4, 0.5) is 0 Å². The lowest BCUT2D eigenvalue weighted by Crippen LogP contribution is -2.11. The molecule has 1 saturated heterocycles. The van der Waals surface area contributed by atoms with E-state index in [0.29, 0.717) is 46.4 Å². The van der Waals surface area contributed by atoms with Crippen molar-refractivity contribution in [3.63, 3.8) is 0 Å². The summed E-state index contributed by atoms with van der Waals surface area (Å²) < 4.78 is 28.7. The van der Waals surface area contributed by atoms with Crippen molar-refractivity contribution in [2.75, 3.05) is 11.5 Å². The molecule has 0 amide bonds. The molecular weight excluding hydrogens is 388 g/mol. The zero-order valence-corrected chi connectivity index (χ0v) is 16.3. The van der Waals surface area contributed by atoms with E-state index in [1.54, 1.807) is 6.07 Å². The van der Waals surface area contributed by atoms with Crippen molar-refractivity contribution < 1.29 is 12.8 Å². The van der Waals surface area contributed by atoms with Crippen molar-refractivity contribution >= 4 is 32.5 Å². The van der Waals surface area contributed by atoms with Crippen molar-refractivity contribution in [3.8, 4) is 0 Å². The van der Waals surface area contributed by atoms with Crippen LogP contribution in [0.25, 0.3) is 10.9 Å². The molecule has 0 aliphatic carbocycles. The fraction of sp³-hybridized carbons (Fsp3) is 0.412. The number of aromatic amines is 1. The Bertz CT molecular complexity index is 1150. The third-order valence-corrected chi connectivity index (χ3v) is 7.22. The molecule has 3 heterocycles. The summed E-state index contributed by atoms with van der Waals surface area (Å²) in [4.78, 5) is 19.5. The van der Waals surface area contributed by atoms with Gasteiger partial charge in [-0.3, -0.25) is 4.79 Å². The van der Waals surface area contributed by atoms with Gasteiger partial charge in [0.2, 0.25) is 5.89 Å². The molecule has 142 valence electrons. The Morgan fingerprint density at radius 3 is 2.96 bits per heavy atom. The molecule has 1 aliphatic rings. The Labute approximate surface area is 159 Å². The number of rotatable bonds is 5. The minimum atomic E-state index is -2.92. The van der Waals surface area contributed by atoms with Crippen LogP contribution >= 0.6 is 11.8 Å². The molecule has 10 heteroatoms. The summed E-state index contributed by atoms with van der Waals surface area (Å²) in [6.07, 6.45) is 1.10. The van der Waals surface area contributed by atoms with Crippen molar-refractivity contribution in [1.82, 2.24) is 20.2 Å². The summed E-state index contributed by atoms with van der Waals surface area (Å²) in [5, 5.41) is 8.92. The molecule has 27 heavy (non-hydrogen) atoms. The highest BCUT2D eigenvalue weighted by molar-refractivity contribution is 7.98. The van der Waals surface area contributed by atoms with Crippen LogP contribution in [0, 0.1) is 12.8 Å². The lowest BCUT2D eigenvalue weighted by molar-refractivity contribution is 0.389. The maximum atomic E-state index is 12.2. The number of aromatic nitrogens is 4. The predicted molar refractivity (Wildman–Crippen MR) is 101 cm³/mol. The van der Waals surface area contributed by atoms with E-state index in [1.807, 2.05) is 19.1 Å². The molecule has 1 aliphatic heterocycles. The average molecular weight is 406 g/mol. The van der Waals surface area contributed by atoms with Gasteiger partial charge in [-0.2, -0.15) is 0 Å². The number of benzene rings is 1. The Kier molecular flexibility index (Phi) is 4.77. The number of H-pyrrole nitrogens is 1. The topological polar surface area (TPSA) is 119 Å². The second kappa shape index (κ2) is 7.08. The SMILES string of the molecule is Cc1cccc2c(=O)[nH]c(CSc3nnc(C[C@@H]4CCS(=O)(=O)C4)o3)nc12. The van der Waals surface area contributed by atoms with Crippen LogP contribution in [0.3, 0.4) is 0 Å². The standard InChI is InChI=1S/C17H18N4O4S2/c1-10-3-2-4-12-15(10)18-13(19-16(12)22)8-26-17-21-20-14(25-17)7-11-5-6-27(23,24)9-11/h2-4,11H,5-9H2,1H3,(H,18,19,22)/t11-/m0/s1. The van der Waals surface area contributed by atoms with Crippen LogP contribution in [-0.2, 0) is 22.0 Å². The number of sulfone groups is 1. The molecule has 8 nitrogen and oxygen atoms in total. The van der Waals surface area contributed by atoms with E-state index < -0.39 is 9.84 Å². The molecule has 3 aromatic rings. The number of para-hydroxylation sites is 1. The highest BCUT2D eigenvalue weighted by atomic mass is 32.2. The number of nitrogens with one attached hydrogen (secondary N) is 1. The fourth-order valence-electron chi connectivity index (χ4n) is 3.21. The molecule has 2 aromatic heterocycles. The molecule has 0 radical (unpaired) electrons. The minimum Gasteiger partial charge on any atom is -0.416 e. The van der Waals surface area contributed by atoms with E-state index in [9.17, 15) is 13.2 Å². The molecule has 0 saturated carbocycles. The van der Waals surface area contributed by atoms with Crippen molar-refractivity contribution in [2.24, 2.45) is 5.92 Å². The first-order valence-corrected chi connectivity index (χ1v) is 11.3. The van der Waals surface area contributed by atoms with E-state index in [0.717, 1.165) is 5.56 Å². The number of fused-ring (bicyclic) bond motifs is 1. The van der Waals surface area contributed by atoms with Crippen LogP contribution in [0.2, 0.25) is 0 Å². The summed E-state index contributed by atoms with van der Waals surface area (Å²) in [6.45, 7) is 1.92. The zero-order chi connectivity index (χ0) is 19.0. The van der Waals surface area contributed by atoms with Gasteiger partial charge in [-0.15, -0.1) is 10.2 Å². The number of hydrogen-bond donors (Lipinski definition) is 1. The highest BCUT2D eigenvalue weighted by Crippen LogP contribution is 2.25. The monoisotopic (exact) mass is 406 g/mol. The second-order valence-electron chi connectivity index (χ2n) is 6.71. The van der Waals surface area contributed by atoms with E-state index >= 15 is 0 Å². The molecule has 1 atom stereocenters.